The summed E-state index contributed by atoms with van der Waals surface area (Å²) in [7, 11) is 0. The van der Waals surface area contributed by atoms with E-state index in [-0.39, 0.29) is 5.91 Å². The van der Waals surface area contributed by atoms with Crippen LogP contribution >= 0.6 is 0 Å². The molecule has 1 amide bonds. The van der Waals surface area contributed by atoms with E-state index in [1.807, 2.05) is 24.3 Å². The largest absolute Gasteiger partial charge is 0.324 e. The second-order valence-electron chi connectivity index (χ2n) is 3.85. The molecule has 4 nitrogen and oxygen atoms in total. The lowest BCUT2D eigenvalue weighted by Gasteiger charge is -2.00. The molecule has 4 heteroatoms. The minimum atomic E-state index is -0.203. The molecule has 2 aromatic carbocycles. The van der Waals surface area contributed by atoms with Gasteiger partial charge in [-0.05, 0) is 30.3 Å². The number of rotatable bonds is 2. The van der Waals surface area contributed by atoms with Crippen molar-refractivity contribution in [1.82, 2.24) is 9.97 Å². The van der Waals surface area contributed by atoms with Gasteiger partial charge in [-0.3, -0.25) is 10.1 Å². The number of aromatic amines is 1. The van der Waals surface area contributed by atoms with Crippen LogP contribution in [-0.4, -0.2) is 15.9 Å². The minimum Gasteiger partial charge on any atom is -0.324 e. The lowest BCUT2D eigenvalue weighted by molar-refractivity contribution is 0.102. The SMILES string of the molecule is O=C(Nc1nc2ccccc2[nH]1)c1c[c]ccc1. The van der Waals surface area contributed by atoms with Crippen molar-refractivity contribution in [3.05, 3.63) is 60.2 Å². The number of imidazole rings is 1. The number of carbonyl (C=O) groups excluding carboxylic acids is 1. The highest BCUT2D eigenvalue weighted by molar-refractivity contribution is 6.03. The summed E-state index contributed by atoms with van der Waals surface area (Å²) in [4.78, 5) is 19.2. The summed E-state index contributed by atoms with van der Waals surface area (Å²) in [6.45, 7) is 0. The molecular formula is C14H10N3O. The molecule has 0 unspecified atom stereocenters. The van der Waals surface area contributed by atoms with Gasteiger partial charge in [-0.2, -0.15) is 0 Å². The lowest BCUT2D eigenvalue weighted by atomic mass is 10.2. The summed E-state index contributed by atoms with van der Waals surface area (Å²) < 4.78 is 0. The van der Waals surface area contributed by atoms with Crippen molar-refractivity contribution in [3.63, 3.8) is 0 Å². The van der Waals surface area contributed by atoms with Gasteiger partial charge in [0.15, 0.2) is 0 Å². The molecule has 3 aromatic rings. The van der Waals surface area contributed by atoms with Crippen LogP contribution < -0.4 is 5.32 Å². The Labute approximate surface area is 104 Å². The number of carbonyl (C=O) groups is 1. The number of fused-ring (bicyclic) bond motifs is 1. The molecule has 1 radical (unpaired) electrons. The highest BCUT2D eigenvalue weighted by Gasteiger charge is 2.08. The molecular weight excluding hydrogens is 226 g/mol. The Morgan fingerprint density at radius 2 is 2.11 bits per heavy atom. The van der Waals surface area contributed by atoms with Crippen LogP contribution in [0.5, 0.6) is 0 Å². The van der Waals surface area contributed by atoms with Crippen molar-refractivity contribution in [2.45, 2.75) is 0 Å². The Balaban J connectivity index is 1.86. The molecule has 0 aliphatic rings. The maximum absolute atomic E-state index is 11.9. The fourth-order valence-electron chi connectivity index (χ4n) is 1.73. The number of para-hydroxylation sites is 2. The van der Waals surface area contributed by atoms with E-state index in [1.54, 1.807) is 24.3 Å². The molecule has 0 bridgehead atoms. The van der Waals surface area contributed by atoms with Gasteiger partial charge in [-0.1, -0.05) is 24.3 Å². The van der Waals surface area contributed by atoms with Gasteiger partial charge in [-0.15, -0.1) is 0 Å². The summed E-state index contributed by atoms with van der Waals surface area (Å²) >= 11 is 0. The van der Waals surface area contributed by atoms with Crippen LogP contribution in [0.15, 0.2) is 48.5 Å². The number of H-pyrrole nitrogens is 1. The van der Waals surface area contributed by atoms with E-state index in [2.05, 4.69) is 21.4 Å². The molecule has 0 aliphatic heterocycles. The number of hydrogen-bond acceptors (Lipinski definition) is 2. The highest BCUT2D eigenvalue weighted by atomic mass is 16.1. The maximum atomic E-state index is 11.9. The van der Waals surface area contributed by atoms with E-state index in [0.29, 0.717) is 11.5 Å². The second-order valence-corrected chi connectivity index (χ2v) is 3.85. The topological polar surface area (TPSA) is 57.8 Å². The van der Waals surface area contributed by atoms with Crippen LogP contribution in [0.2, 0.25) is 0 Å². The Hall–Kier alpha value is -2.62. The van der Waals surface area contributed by atoms with Crippen molar-refractivity contribution in [1.29, 1.82) is 0 Å². The molecule has 3 rings (SSSR count). The molecule has 0 spiro atoms. The van der Waals surface area contributed by atoms with Gasteiger partial charge < -0.3 is 4.98 Å². The van der Waals surface area contributed by atoms with E-state index in [9.17, 15) is 4.79 Å². The smallest absolute Gasteiger partial charge is 0.257 e. The quantitative estimate of drug-likeness (QED) is 0.718. The van der Waals surface area contributed by atoms with Gasteiger partial charge >= 0.3 is 0 Å². The van der Waals surface area contributed by atoms with Crippen LogP contribution in [-0.2, 0) is 0 Å². The molecule has 0 saturated carbocycles. The first-order valence-corrected chi connectivity index (χ1v) is 5.55. The molecule has 0 fully saturated rings. The zero-order valence-corrected chi connectivity index (χ0v) is 9.47. The van der Waals surface area contributed by atoms with Crippen molar-refractivity contribution >= 4 is 22.9 Å². The third kappa shape index (κ3) is 1.96. The van der Waals surface area contributed by atoms with E-state index >= 15 is 0 Å². The van der Waals surface area contributed by atoms with Crippen molar-refractivity contribution < 1.29 is 4.79 Å². The average Bonchev–Trinajstić information content (AvgIpc) is 2.82. The van der Waals surface area contributed by atoms with Gasteiger partial charge in [0.05, 0.1) is 11.0 Å². The molecule has 0 atom stereocenters. The number of nitrogens with zero attached hydrogens (tertiary/aromatic N) is 1. The van der Waals surface area contributed by atoms with Crippen molar-refractivity contribution in [2.24, 2.45) is 0 Å². The summed E-state index contributed by atoms with van der Waals surface area (Å²) in [6, 6.07) is 17.4. The molecule has 18 heavy (non-hydrogen) atoms. The zero-order chi connectivity index (χ0) is 12.4. The number of amides is 1. The summed E-state index contributed by atoms with van der Waals surface area (Å²) in [6.07, 6.45) is 0. The predicted octanol–water partition coefficient (Wildman–Crippen LogP) is 2.62. The number of hydrogen-bond donors (Lipinski definition) is 2. The third-order valence-electron chi connectivity index (χ3n) is 2.59. The average molecular weight is 236 g/mol. The Kier molecular flexibility index (Phi) is 2.53. The van der Waals surface area contributed by atoms with Crippen LogP contribution in [0.3, 0.4) is 0 Å². The van der Waals surface area contributed by atoms with Gasteiger partial charge in [-0.25, -0.2) is 4.98 Å². The van der Waals surface area contributed by atoms with Crippen LogP contribution in [0.4, 0.5) is 5.95 Å². The lowest BCUT2D eigenvalue weighted by Crippen LogP contribution is -2.12. The molecule has 0 aliphatic carbocycles. The number of anilines is 1. The van der Waals surface area contributed by atoms with E-state index in [4.69, 9.17) is 0 Å². The normalized spacial score (nSPS) is 10.4. The first-order chi connectivity index (χ1) is 8.83. The van der Waals surface area contributed by atoms with Crippen LogP contribution in [0.25, 0.3) is 11.0 Å². The summed E-state index contributed by atoms with van der Waals surface area (Å²) in [5.74, 6) is 0.246. The van der Waals surface area contributed by atoms with E-state index < -0.39 is 0 Å². The zero-order valence-electron chi connectivity index (χ0n) is 9.47. The highest BCUT2D eigenvalue weighted by Crippen LogP contribution is 2.13. The van der Waals surface area contributed by atoms with Crippen molar-refractivity contribution in [3.8, 4) is 0 Å². The fourth-order valence-corrected chi connectivity index (χ4v) is 1.73. The first kappa shape index (κ1) is 10.5. The van der Waals surface area contributed by atoms with Crippen molar-refractivity contribution in [2.75, 3.05) is 5.32 Å². The molecule has 87 valence electrons. The summed E-state index contributed by atoms with van der Waals surface area (Å²) in [5, 5.41) is 2.72. The summed E-state index contributed by atoms with van der Waals surface area (Å²) in [5.41, 5.74) is 2.28. The molecule has 1 heterocycles. The number of benzene rings is 2. The number of nitrogens with one attached hydrogen (secondary N) is 2. The van der Waals surface area contributed by atoms with Gasteiger partial charge in [0.1, 0.15) is 0 Å². The Morgan fingerprint density at radius 1 is 1.22 bits per heavy atom. The van der Waals surface area contributed by atoms with E-state index in [0.717, 1.165) is 11.0 Å². The third-order valence-corrected chi connectivity index (χ3v) is 2.59. The second kappa shape index (κ2) is 4.33. The Bertz CT molecular complexity index is 655. The first-order valence-electron chi connectivity index (χ1n) is 5.55. The van der Waals surface area contributed by atoms with Crippen LogP contribution in [0, 0.1) is 6.07 Å². The maximum Gasteiger partial charge on any atom is 0.257 e. The Morgan fingerprint density at radius 3 is 2.89 bits per heavy atom. The van der Waals surface area contributed by atoms with Gasteiger partial charge in [0.2, 0.25) is 5.95 Å². The molecule has 2 N–H and O–H groups in total. The minimum absolute atomic E-state index is 0.203. The monoisotopic (exact) mass is 236 g/mol. The van der Waals surface area contributed by atoms with E-state index in [1.165, 1.54) is 0 Å². The van der Waals surface area contributed by atoms with Gasteiger partial charge in [0, 0.05) is 5.56 Å². The molecule has 0 saturated heterocycles. The van der Waals surface area contributed by atoms with Gasteiger partial charge in [0.25, 0.3) is 5.91 Å². The van der Waals surface area contributed by atoms with Crippen LogP contribution in [0.1, 0.15) is 10.4 Å². The number of aromatic nitrogens is 2. The molecule has 1 aromatic heterocycles. The predicted molar refractivity (Wildman–Crippen MR) is 69.3 cm³/mol. The fraction of sp³-hybridized carbons (Fsp3) is 0. The standard InChI is InChI=1S/C14H10N3O/c18-13(10-6-2-1-3-7-10)17-14-15-11-8-4-5-9-12(11)16-14/h1-2,4-9H,(H2,15,16,17,18).